The minimum atomic E-state index is 0. The number of unbranched alkanes of at least 4 members (excludes halogenated alkanes) is 1. The molecule has 0 radical (unpaired) electrons. The van der Waals surface area contributed by atoms with Crippen LogP contribution in [0.2, 0.25) is 0 Å². The Morgan fingerprint density at radius 2 is 1.14 bits per heavy atom. The molecule has 7 heavy (non-hydrogen) atoms. The van der Waals surface area contributed by atoms with Crippen LogP contribution in [0.4, 0.5) is 0 Å². The topological polar surface area (TPSA) is 40.5 Å². The summed E-state index contributed by atoms with van der Waals surface area (Å²) in [4.78, 5) is 0. The zero-order valence-electron chi connectivity index (χ0n) is 4.43. The van der Waals surface area contributed by atoms with Gasteiger partial charge in [0.25, 0.3) is 0 Å². The number of rotatable bonds is 3. The Bertz CT molecular complexity index is 21.7. The molecule has 0 unspecified atom stereocenters. The van der Waals surface area contributed by atoms with Crippen molar-refractivity contribution in [3.63, 3.8) is 0 Å². The monoisotopic (exact) mass is 154 g/mol. The first-order chi connectivity index (χ1) is 2.91. The van der Waals surface area contributed by atoms with Crippen LogP contribution in [-0.2, 0) is 19.5 Å². The maximum atomic E-state index is 8.09. The molecule has 0 aromatic rings. The molecule has 3 heteroatoms. The minimum absolute atomic E-state index is 0. The van der Waals surface area contributed by atoms with Crippen LogP contribution in [0.3, 0.4) is 0 Å². The molecular formula is C4H10O2Zn. The van der Waals surface area contributed by atoms with Crippen molar-refractivity contribution in [1.82, 2.24) is 0 Å². The number of hydrogen-bond acceptors (Lipinski definition) is 2. The van der Waals surface area contributed by atoms with Gasteiger partial charge in [-0.25, -0.2) is 0 Å². The van der Waals surface area contributed by atoms with Crippen molar-refractivity contribution in [3.8, 4) is 0 Å². The van der Waals surface area contributed by atoms with Gasteiger partial charge in [0.1, 0.15) is 0 Å². The minimum Gasteiger partial charge on any atom is -0.396 e. The SMILES string of the molecule is OCCCCO.[Zn]. The molecule has 0 aliphatic carbocycles. The van der Waals surface area contributed by atoms with E-state index in [9.17, 15) is 0 Å². The smallest absolute Gasteiger partial charge is 0.0431 e. The van der Waals surface area contributed by atoms with Crippen molar-refractivity contribution >= 4 is 0 Å². The molecule has 0 saturated carbocycles. The summed E-state index contributed by atoms with van der Waals surface area (Å²) < 4.78 is 0. The van der Waals surface area contributed by atoms with Gasteiger partial charge < -0.3 is 10.2 Å². The molecule has 0 saturated heterocycles. The van der Waals surface area contributed by atoms with Gasteiger partial charge in [-0.2, -0.15) is 0 Å². The van der Waals surface area contributed by atoms with E-state index < -0.39 is 0 Å². The summed E-state index contributed by atoms with van der Waals surface area (Å²) in [5.74, 6) is 0. The zero-order valence-corrected chi connectivity index (χ0v) is 7.40. The normalized spacial score (nSPS) is 7.71. The fourth-order valence-corrected chi connectivity index (χ4v) is 0.224. The molecule has 0 aromatic heterocycles. The molecule has 2 nitrogen and oxygen atoms in total. The van der Waals surface area contributed by atoms with E-state index in [4.69, 9.17) is 10.2 Å². The molecule has 0 aromatic carbocycles. The van der Waals surface area contributed by atoms with E-state index in [0.717, 1.165) is 12.8 Å². The average Bonchev–Trinajstić information content (AvgIpc) is 1.61. The molecule has 0 fully saturated rings. The standard InChI is InChI=1S/C4H10O2.Zn/c5-3-1-2-4-6;/h5-6H,1-4H2;. The van der Waals surface area contributed by atoms with Gasteiger partial charge in [-0.05, 0) is 12.8 Å². The quantitative estimate of drug-likeness (QED) is 0.436. The van der Waals surface area contributed by atoms with Crippen molar-refractivity contribution in [2.24, 2.45) is 0 Å². The van der Waals surface area contributed by atoms with Crippen molar-refractivity contribution in [2.75, 3.05) is 13.2 Å². The van der Waals surface area contributed by atoms with Gasteiger partial charge >= 0.3 is 0 Å². The third-order valence-corrected chi connectivity index (χ3v) is 0.566. The number of aliphatic hydroxyl groups is 2. The zero-order chi connectivity index (χ0) is 4.83. The van der Waals surface area contributed by atoms with E-state index in [2.05, 4.69) is 0 Å². The predicted molar refractivity (Wildman–Crippen MR) is 23.4 cm³/mol. The molecule has 0 amide bonds. The summed E-state index contributed by atoms with van der Waals surface area (Å²) in [7, 11) is 0. The Hall–Kier alpha value is 0.543. The van der Waals surface area contributed by atoms with Crippen molar-refractivity contribution in [2.45, 2.75) is 12.8 Å². The van der Waals surface area contributed by atoms with Crippen molar-refractivity contribution < 1.29 is 29.7 Å². The second-order valence-electron chi connectivity index (χ2n) is 1.15. The first-order valence-corrected chi connectivity index (χ1v) is 2.13. The van der Waals surface area contributed by atoms with Crippen LogP contribution < -0.4 is 0 Å². The predicted octanol–water partition coefficient (Wildman–Crippen LogP) is -0.251. The van der Waals surface area contributed by atoms with Gasteiger partial charge in [-0.1, -0.05) is 0 Å². The van der Waals surface area contributed by atoms with Crippen molar-refractivity contribution in [1.29, 1.82) is 0 Å². The second-order valence-corrected chi connectivity index (χ2v) is 1.15. The average molecular weight is 156 g/mol. The fraction of sp³-hybridized carbons (Fsp3) is 1.00. The van der Waals surface area contributed by atoms with Gasteiger partial charge in [0.2, 0.25) is 0 Å². The van der Waals surface area contributed by atoms with Crippen LogP contribution in [0.25, 0.3) is 0 Å². The molecule has 2 N–H and O–H groups in total. The van der Waals surface area contributed by atoms with Crippen molar-refractivity contribution in [3.05, 3.63) is 0 Å². The second kappa shape index (κ2) is 9.74. The maximum Gasteiger partial charge on any atom is 0.0431 e. The van der Waals surface area contributed by atoms with E-state index in [1.54, 1.807) is 0 Å². The van der Waals surface area contributed by atoms with Gasteiger partial charge in [0.15, 0.2) is 0 Å². The van der Waals surface area contributed by atoms with E-state index in [1.165, 1.54) is 0 Å². The Labute approximate surface area is 56.3 Å². The largest absolute Gasteiger partial charge is 0.396 e. The molecule has 0 bridgehead atoms. The van der Waals surface area contributed by atoms with Crippen LogP contribution in [-0.4, -0.2) is 23.4 Å². The number of hydrogen-bond donors (Lipinski definition) is 2. The summed E-state index contributed by atoms with van der Waals surface area (Å²) in [6, 6.07) is 0. The Morgan fingerprint density at radius 3 is 1.29 bits per heavy atom. The Morgan fingerprint density at radius 1 is 0.857 bits per heavy atom. The summed E-state index contributed by atoms with van der Waals surface area (Å²) in [6.07, 6.45) is 1.44. The Balaban J connectivity index is 0. The van der Waals surface area contributed by atoms with Crippen LogP contribution in [0, 0.1) is 0 Å². The van der Waals surface area contributed by atoms with E-state index in [0.29, 0.717) is 0 Å². The third kappa shape index (κ3) is 10.8. The molecule has 0 atom stereocenters. The molecule has 0 heterocycles. The van der Waals surface area contributed by atoms with Crippen LogP contribution in [0.15, 0.2) is 0 Å². The van der Waals surface area contributed by atoms with E-state index in [-0.39, 0.29) is 32.7 Å². The molecule has 0 aliphatic rings. The molecule has 0 rings (SSSR count). The van der Waals surface area contributed by atoms with Crippen LogP contribution in [0.5, 0.6) is 0 Å². The first kappa shape index (κ1) is 10.5. The first-order valence-electron chi connectivity index (χ1n) is 2.13. The molecular weight excluding hydrogens is 145 g/mol. The molecule has 40 valence electrons. The third-order valence-electron chi connectivity index (χ3n) is 0.566. The molecule has 0 spiro atoms. The van der Waals surface area contributed by atoms with E-state index in [1.807, 2.05) is 0 Å². The fourth-order valence-electron chi connectivity index (χ4n) is 0.224. The van der Waals surface area contributed by atoms with Gasteiger partial charge in [-0.15, -0.1) is 0 Å². The van der Waals surface area contributed by atoms with Gasteiger partial charge in [-0.3, -0.25) is 0 Å². The van der Waals surface area contributed by atoms with Gasteiger partial charge in [0, 0.05) is 32.7 Å². The van der Waals surface area contributed by atoms with Gasteiger partial charge in [0.05, 0.1) is 0 Å². The summed E-state index contributed by atoms with van der Waals surface area (Å²) in [6.45, 7) is 0.390. The number of aliphatic hydroxyl groups excluding tert-OH is 2. The van der Waals surface area contributed by atoms with Crippen LogP contribution >= 0.6 is 0 Å². The van der Waals surface area contributed by atoms with E-state index >= 15 is 0 Å². The Kier molecular flexibility index (Phi) is 14.6. The molecule has 0 aliphatic heterocycles. The summed E-state index contributed by atoms with van der Waals surface area (Å²) in [5, 5.41) is 16.2. The summed E-state index contributed by atoms with van der Waals surface area (Å²) >= 11 is 0. The van der Waals surface area contributed by atoms with Crippen LogP contribution in [0.1, 0.15) is 12.8 Å². The maximum absolute atomic E-state index is 8.09. The summed E-state index contributed by atoms with van der Waals surface area (Å²) in [5.41, 5.74) is 0.